The van der Waals surface area contributed by atoms with Crippen LogP contribution in [0.25, 0.3) is 0 Å². The molecule has 0 saturated carbocycles. The zero-order chi connectivity index (χ0) is 9.09. The highest BCUT2D eigenvalue weighted by atomic mass is 16.2. The van der Waals surface area contributed by atoms with E-state index in [0.717, 1.165) is 4.81 Å². The summed E-state index contributed by atoms with van der Waals surface area (Å²) in [6, 6.07) is 0. The van der Waals surface area contributed by atoms with E-state index in [9.17, 15) is 19.2 Å². The van der Waals surface area contributed by atoms with E-state index >= 15 is 0 Å². The maximum atomic E-state index is 11.0. The number of hydrogen-bond acceptors (Lipinski definition) is 4. The summed E-state index contributed by atoms with van der Waals surface area (Å²) in [7, 11) is 1.23. The van der Waals surface area contributed by atoms with Crippen LogP contribution in [-0.4, -0.2) is 36.4 Å². The number of carbonyl (C=O) groups excluding carboxylic acids is 4. The molecular formula is C5H3BN2O4. The highest BCUT2D eigenvalue weighted by molar-refractivity contribution is 6.57. The van der Waals surface area contributed by atoms with Crippen LogP contribution in [0.5, 0.6) is 0 Å². The fraction of sp³-hybridized carbons (Fsp3) is 0.200. The summed E-state index contributed by atoms with van der Waals surface area (Å²) < 4.78 is 0. The Kier molecular flexibility index (Phi) is 0.920. The standard InChI is InChI=1S/C5H3BN2O4/c6-8-3(11)5(4(8)12)1(9)7-2(5)10/h6H2,(H,7,9,10). The lowest BCUT2D eigenvalue weighted by molar-refractivity contribution is -0.183. The molecule has 0 bridgehead atoms. The van der Waals surface area contributed by atoms with Crippen LogP contribution in [0.4, 0.5) is 0 Å². The summed E-state index contributed by atoms with van der Waals surface area (Å²) in [6.45, 7) is 0. The highest BCUT2D eigenvalue weighted by Gasteiger charge is 2.75. The number of imide groups is 2. The third-order valence-corrected chi connectivity index (χ3v) is 2.16. The molecule has 2 rings (SSSR count). The van der Waals surface area contributed by atoms with E-state index < -0.39 is 29.0 Å². The fourth-order valence-electron chi connectivity index (χ4n) is 1.35. The van der Waals surface area contributed by atoms with Crippen molar-refractivity contribution in [1.82, 2.24) is 10.1 Å². The second kappa shape index (κ2) is 1.57. The van der Waals surface area contributed by atoms with E-state index in [1.54, 1.807) is 0 Å². The van der Waals surface area contributed by atoms with Gasteiger partial charge in [0.2, 0.25) is 7.98 Å². The van der Waals surface area contributed by atoms with Gasteiger partial charge in [-0.05, 0) is 0 Å². The Bertz CT molecular complexity index is 317. The molecule has 2 aliphatic heterocycles. The predicted molar refractivity (Wildman–Crippen MR) is 36.0 cm³/mol. The van der Waals surface area contributed by atoms with Crippen molar-refractivity contribution in [1.29, 1.82) is 0 Å². The zero-order valence-corrected chi connectivity index (χ0v) is 6.08. The predicted octanol–water partition coefficient (Wildman–Crippen LogP) is -3.45. The molecule has 60 valence electrons. The molecular weight excluding hydrogens is 163 g/mol. The van der Waals surface area contributed by atoms with Crippen LogP contribution in [-0.2, 0) is 19.2 Å². The van der Waals surface area contributed by atoms with Crippen LogP contribution >= 0.6 is 0 Å². The molecule has 0 radical (unpaired) electrons. The van der Waals surface area contributed by atoms with Crippen LogP contribution in [0.3, 0.4) is 0 Å². The first-order valence-electron chi connectivity index (χ1n) is 3.21. The Morgan fingerprint density at radius 2 is 1.50 bits per heavy atom. The van der Waals surface area contributed by atoms with Crippen LogP contribution in [0, 0.1) is 5.41 Å². The van der Waals surface area contributed by atoms with Gasteiger partial charge < -0.3 is 4.81 Å². The van der Waals surface area contributed by atoms with Crippen molar-refractivity contribution >= 4 is 31.6 Å². The van der Waals surface area contributed by atoms with Gasteiger partial charge in [-0.25, -0.2) is 0 Å². The van der Waals surface area contributed by atoms with E-state index in [4.69, 9.17) is 0 Å². The number of β-lactam (4-membered cyclic amide) rings is 4. The fourth-order valence-corrected chi connectivity index (χ4v) is 1.35. The first-order valence-corrected chi connectivity index (χ1v) is 3.21. The molecule has 2 aliphatic rings. The van der Waals surface area contributed by atoms with Crippen molar-refractivity contribution in [3.63, 3.8) is 0 Å². The van der Waals surface area contributed by atoms with Gasteiger partial charge in [0.15, 0.2) is 0 Å². The molecule has 0 aromatic rings. The molecule has 0 aromatic heterocycles. The van der Waals surface area contributed by atoms with E-state index in [-0.39, 0.29) is 0 Å². The van der Waals surface area contributed by atoms with Gasteiger partial charge in [0.25, 0.3) is 29.0 Å². The second-order valence-electron chi connectivity index (χ2n) is 2.70. The summed E-state index contributed by atoms with van der Waals surface area (Å²) in [4.78, 5) is 44.4. The number of nitrogens with one attached hydrogen (secondary N) is 1. The first kappa shape index (κ1) is 7.02. The Hall–Kier alpha value is -1.66. The van der Waals surface area contributed by atoms with Crippen molar-refractivity contribution in [2.45, 2.75) is 0 Å². The second-order valence-corrected chi connectivity index (χ2v) is 2.70. The SMILES string of the molecule is BN1C(=O)C2(C(=O)NC2=O)C1=O. The maximum Gasteiger partial charge on any atom is 0.282 e. The third-order valence-electron chi connectivity index (χ3n) is 2.16. The number of amides is 4. The lowest BCUT2D eigenvalue weighted by Gasteiger charge is -2.46. The zero-order valence-electron chi connectivity index (χ0n) is 6.08. The molecule has 4 amide bonds. The molecule has 2 saturated heterocycles. The molecule has 0 aliphatic carbocycles. The molecule has 1 N–H and O–H groups in total. The number of rotatable bonds is 0. The maximum absolute atomic E-state index is 11.0. The summed E-state index contributed by atoms with van der Waals surface area (Å²) in [5.74, 6) is -3.08. The molecule has 0 atom stereocenters. The van der Waals surface area contributed by atoms with Crippen molar-refractivity contribution in [3.05, 3.63) is 0 Å². The Morgan fingerprint density at radius 1 is 1.08 bits per heavy atom. The Balaban J connectivity index is 2.47. The van der Waals surface area contributed by atoms with E-state index in [1.165, 1.54) is 7.98 Å². The quantitative estimate of drug-likeness (QED) is 0.230. The molecule has 6 nitrogen and oxygen atoms in total. The molecule has 2 fully saturated rings. The third kappa shape index (κ3) is 0.382. The minimum absolute atomic E-state index is 0.735. The van der Waals surface area contributed by atoms with E-state index in [0.29, 0.717) is 0 Å². The van der Waals surface area contributed by atoms with Gasteiger partial charge in [-0.15, -0.1) is 0 Å². The average molecular weight is 166 g/mol. The lowest BCUT2D eigenvalue weighted by atomic mass is 9.69. The van der Waals surface area contributed by atoms with Crippen LogP contribution < -0.4 is 5.32 Å². The van der Waals surface area contributed by atoms with Crippen molar-refractivity contribution in [3.8, 4) is 0 Å². The van der Waals surface area contributed by atoms with Crippen LogP contribution in [0.15, 0.2) is 0 Å². The van der Waals surface area contributed by atoms with Gasteiger partial charge >= 0.3 is 0 Å². The summed E-state index contributed by atoms with van der Waals surface area (Å²) in [5, 5.41) is 1.83. The topological polar surface area (TPSA) is 83.6 Å². The largest absolute Gasteiger partial charge is 0.333 e. The summed E-state index contributed by atoms with van der Waals surface area (Å²) in [5.41, 5.74) is -1.99. The van der Waals surface area contributed by atoms with Gasteiger partial charge in [0, 0.05) is 0 Å². The molecule has 12 heavy (non-hydrogen) atoms. The summed E-state index contributed by atoms with van der Waals surface area (Å²) >= 11 is 0. The van der Waals surface area contributed by atoms with Crippen molar-refractivity contribution in [2.24, 2.45) is 5.41 Å². The van der Waals surface area contributed by atoms with Crippen molar-refractivity contribution in [2.75, 3.05) is 0 Å². The highest BCUT2D eigenvalue weighted by Crippen LogP contribution is 2.37. The molecule has 7 heteroatoms. The van der Waals surface area contributed by atoms with Crippen LogP contribution in [0.1, 0.15) is 0 Å². The minimum atomic E-state index is -1.99. The molecule has 1 spiro atoms. The minimum Gasteiger partial charge on any atom is -0.333 e. The Morgan fingerprint density at radius 3 is 1.75 bits per heavy atom. The molecule has 0 unspecified atom stereocenters. The normalized spacial score (nSPS) is 25.2. The number of carbonyl (C=O) groups is 4. The van der Waals surface area contributed by atoms with E-state index in [2.05, 4.69) is 0 Å². The van der Waals surface area contributed by atoms with Gasteiger partial charge in [0.1, 0.15) is 0 Å². The smallest absolute Gasteiger partial charge is 0.282 e. The molecule has 2 heterocycles. The first-order chi connectivity index (χ1) is 5.52. The summed E-state index contributed by atoms with van der Waals surface area (Å²) in [6.07, 6.45) is 0. The lowest BCUT2D eigenvalue weighted by Crippen LogP contribution is -2.83. The van der Waals surface area contributed by atoms with Crippen LogP contribution in [0.2, 0.25) is 0 Å². The average Bonchev–Trinajstić information content (AvgIpc) is 2.04. The van der Waals surface area contributed by atoms with Gasteiger partial charge in [-0.1, -0.05) is 0 Å². The number of nitrogens with zero attached hydrogens (tertiary/aromatic N) is 1. The van der Waals surface area contributed by atoms with Crippen molar-refractivity contribution < 1.29 is 19.2 Å². The number of hydrogen-bond donors (Lipinski definition) is 1. The Labute approximate surface area is 67.3 Å². The van der Waals surface area contributed by atoms with Gasteiger partial charge in [-0.3, -0.25) is 24.5 Å². The van der Waals surface area contributed by atoms with Gasteiger partial charge in [0.05, 0.1) is 0 Å². The van der Waals surface area contributed by atoms with E-state index in [1.807, 2.05) is 5.32 Å². The molecule has 0 aromatic carbocycles. The monoisotopic (exact) mass is 166 g/mol. The van der Waals surface area contributed by atoms with Gasteiger partial charge in [-0.2, -0.15) is 0 Å².